The summed E-state index contributed by atoms with van der Waals surface area (Å²) in [6.07, 6.45) is 8.48. The van der Waals surface area contributed by atoms with Crippen molar-refractivity contribution in [1.29, 1.82) is 0 Å². The van der Waals surface area contributed by atoms with Gasteiger partial charge in [0, 0.05) is 11.6 Å². The molecule has 0 bridgehead atoms. The molecule has 1 unspecified atom stereocenters. The summed E-state index contributed by atoms with van der Waals surface area (Å²) < 4.78 is 23.1. The third-order valence-electron chi connectivity index (χ3n) is 5.12. The maximum Gasteiger partial charge on any atom is 0.151 e. The molecule has 1 heterocycles. The first-order valence-corrected chi connectivity index (χ1v) is 9.38. The minimum atomic E-state index is -2.76. The van der Waals surface area contributed by atoms with E-state index in [-0.39, 0.29) is 6.04 Å². The standard InChI is InChI=1S/C14H28N2O2S/c1-15-14(7-4-3-5-8-14)9-10-16(2)13-6-11-19(17,18)12-13/h13,15H,3-12H2,1-2H3. The van der Waals surface area contributed by atoms with Gasteiger partial charge in [0.25, 0.3) is 0 Å². The van der Waals surface area contributed by atoms with E-state index in [9.17, 15) is 8.42 Å². The molecular weight excluding hydrogens is 260 g/mol. The Morgan fingerprint density at radius 2 is 1.95 bits per heavy atom. The maximum absolute atomic E-state index is 11.5. The summed E-state index contributed by atoms with van der Waals surface area (Å²) in [5.74, 6) is 0.731. The molecule has 19 heavy (non-hydrogen) atoms. The van der Waals surface area contributed by atoms with Crippen LogP contribution in [0.5, 0.6) is 0 Å². The zero-order valence-corrected chi connectivity index (χ0v) is 13.1. The molecule has 1 saturated heterocycles. The molecule has 1 N–H and O–H groups in total. The average Bonchev–Trinajstić information content (AvgIpc) is 2.77. The Balaban J connectivity index is 1.84. The van der Waals surface area contributed by atoms with Gasteiger partial charge < -0.3 is 10.2 Å². The van der Waals surface area contributed by atoms with E-state index in [0.717, 1.165) is 19.4 Å². The number of nitrogens with zero attached hydrogens (tertiary/aromatic N) is 1. The van der Waals surface area contributed by atoms with E-state index in [4.69, 9.17) is 0 Å². The van der Waals surface area contributed by atoms with Crippen LogP contribution in [0.1, 0.15) is 44.9 Å². The van der Waals surface area contributed by atoms with Crippen molar-refractivity contribution in [3.8, 4) is 0 Å². The van der Waals surface area contributed by atoms with Crippen LogP contribution in [-0.4, -0.2) is 57.0 Å². The molecule has 1 atom stereocenters. The van der Waals surface area contributed by atoms with E-state index >= 15 is 0 Å². The minimum absolute atomic E-state index is 0.238. The molecular formula is C14H28N2O2S. The van der Waals surface area contributed by atoms with Crippen molar-refractivity contribution in [2.24, 2.45) is 0 Å². The zero-order valence-electron chi connectivity index (χ0n) is 12.3. The van der Waals surface area contributed by atoms with Crippen LogP contribution in [0.4, 0.5) is 0 Å². The van der Waals surface area contributed by atoms with E-state index in [1.165, 1.54) is 32.1 Å². The fourth-order valence-electron chi connectivity index (χ4n) is 3.55. The summed E-state index contributed by atoms with van der Waals surface area (Å²) in [4.78, 5) is 2.26. The Morgan fingerprint density at radius 1 is 1.26 bits per heavy atom. The molecule has 0 radical (unpaired) electrons. The van der Waals surface area contributed by atoms with Crippen LogP contribution >= 0.6 is 0 Å². The molecule has 4 nitrogen and oxygen atoms in total. The Morgan fingerprint density at radius 3 is 2.47 bits per heavy atom. The van der Waals surface area contributed by atoms with Gasteiger partial charge in [-0.1, -0.05) is 19.3 Å². The predicted octanol–water partition coefficient (Wildman–Crippen LogP) is 1.42. The van der Waals surface area contributed by atoms with Gasteiger partial charge in [-0.3, -0.25) is 0 Å². The SMILES string of the molecule is CNC1(CCN(C)C2CCS(=O)(=O)C2)CCCCC1. The Kier molecular flexibility index (Phi) is 4.90. The molecule has 0 spiro atoms. The molecule has 2 fully saturated rings. The van der Waals surface area contributed by atoms with Crippen LogP contribution in [-0.2, 0) is 9.84 Å². The molecule has 0 aromatic carbocycles. The Bertz CT molecular complexity index is 388. The fraction of sp³-hybridized carbons (Fsp3) is 1.00. The van der Waals surface area contributed by atoms with E-state index in [0.29, 0.717) is 17.0 Å². The van der Waals surface area contributed by atoms with Crippen LogP contribution < -0.4 is 5.32 Å². The van der Waals surface area contributed by atoms with Crippen LogP contribution in [0.25, 0.3) is 0 Å². The van der Waals surface area contributed by atoms with Crippen LogP contribution in [0.15, 0.2) is 0 Å². The molecule has 0 amide bonds. The summed E-state index contributed by atoms with van der Waals surface area (Å²) in [5.41, 5.74) is 0.296. The normalized spacial score (nSPS) is 29.7. The lowest BCUT2D eigenvalue weighted by Crippen LogP contribution is -2.47. The van der Waals surface area contributed by atoms with Crippen LogP contribution in [0, 0.1) is 0 Å². The maximum atomic E-state index is 11.5. The number of sulfone groups is 1. The summed E-state index contributed by atoms with van der Waals surface area (Å²) in [5, 5.41) is 3.53. The van der Waals surface area contributed by atoms with Crippen molar-refractivity contribution in [3.05, 3.63) is 0 Å². The predicted molar refractivity (Wildman–Crippen MR) is 79.2 cm³/mol. The average molecular weight is 288 g/mol. The Hall–Kier alpha value is -0.130. The summed E-state index contributed by atoms with van der Waals surface area (Å²) in [6, 6.07) is 0.238. The van der Waals surface area contributed by atoms with Crippen LogP contribution in [0.3, 0.4) is 0 Å². The lowest BCUT2D eigenvalue weighted by atomic mass is 9.79. The minimum Gasteiger partial charge on any atom is -0.314 e. The van der Waals surface area contributed by atoms with E-state index in [2.05, 4.69) is 24.3 Å². The van der Waals surface area contributed by atoms with Gasteiger partial charge in [0.05, 0.1) is 11.5 Å². The molecule has 2 rings (SSSR count). The highest BCUT2D eigenvalue weighted by Crippen LogP contribution is 2.31. The first kappa shape index (κ1) is 15.3. The topological polar surface area (TPSA) is 49.4 Å². The quantitative estimate of drug-likeness (QED) is 0.831. The number of rotatable bonds is 5. The van der Waals surface area contributed by atoms with Gasteiger partial charge in [0.2, 0.25) is 0 Å². The van der Waals surface area contributed by atoms with Crippen molar-refractivity contribution in [1.82, 2.24) is 10.2 Å². The van der Waals surface area contributed by atoms with E-state index < -0.39 is 9.84 Å². The van der Waals surface area contributed by atoms with Gasteiger partial charge in [-0.05, 0) is 46.3 Å². The number of nitrogens with one attached hydrogen (secondary N) is 1. The summed E-state index contributed by atoms with van der Waals surface area (Å²) >= 11 is 0. The molecule has 1 aliphatic carbocycles. The monoisotopic (exact) mass is 288 g/mol. The molecule has 112 valence electrons. The second kappa shape index (κ2) is 6.10. The summed E-state index contributed by atoms with van der Waals surface area (Å²) in [6.45, 7) is 1.00. The third kappa shape index (κ3) is 3.92. The molecule has 1 saturated carbocycles. The van der Waals surface area contributed by atoms with Gasteiger partial charge in [-0.25, -0.2) is 8.42 Å². The van der Waals surface area contributed by atoms with E-state index in [1.54, 1.807) is 0 Å². The van der Waals surface area contributed by atoms with Gasteiger partial charge in [0.15, 0.2) is 9.84 Å². The lowest BCUT2D eigenvalue weighted by Gasteiger charge is -2.39. The molecule has 5 heteroatoms. The number of hydrogen-bond acceptors (Lipinski definition) is 4. The first-order chi connectivity index (χ1) is 8.96. The third-order valence-corrected chi connectivity index (χ3v) is 6.87. The first-order valence-electron chi connectivity index (χ1n) is 7.56. The van der Waals surface area contributed by atoms with Gasteiger partial charge in [0.1, 0.15) is 0 Å². The van der Waals surface area contributed by atoms with Crippen molar-refractivity contribution < 1.29 is 8.42 Å². The molecule has 0 aromatic heterocycles. The molecule has 2 aliphatic rings. The van der Waals surface area contributed by atoms with Gasteiger partial charge in [-0.2, -0.15) is 0 Å². The Labute approximate surface area is 117 Å². The van der Waals surface area contributed by atoms with Crippen molar-refractivity contribution in [2.45, 2.75) is 56.5 Å². The fourth-order valence-corrected chi connectivity index (χ4v) is 5.35. The number of hydrogen-bond donors (Lipinski definition) is 1. The lowest BCUT2D eigenvalue weighted by molar-refractivity contribution is 0.178. The second-order valence-corrected chi connectivity index (χ2v) is 8.61. The second-order valence-electron chi connectivity index (χ2n) is 6.38. The van der Waals surface area contributed by atoms with Crippen molar-refractivity contribution >= 4 is 9.84 Å². The smallest absolute Gasteiger partial charge is 0.151 e. The van der Waals surface area contributed by atoms with Gasteiger partial charge in [-0.15, -0.1) is 0 Å². The highest BCUT2D eigenvalue weighted by Gasteiger charge is 2.33. The van der Waals surface area contributed by atoms with Crippen molar-refractivity contribution in [3.63, 3.8) is 0 Å². The van der Waals surface area contributed by atoms with Crippen molar-refractivity contribution in [2.75, 3.05) is 32.1 Å². The highest BCUT2D eigenvalue weighted by molar-refractivity contribution is 7.91. The zero-order chi connectivity index (χ0) is 13.9. The molecule has 0 aromatic rings. The largest absolute Gasteiger partial charge is 0.314 e. The van der Waals surface area contributed by atoms with Gasteiger partial charge >= 0.3 is 0 Å². The highest BCUT2D eigenvalue weighted by atomic mass is 32.2. The summed E-state index contributed by atoms with van der Waals surface area (Å²) in [7, 11) is 1.39. The van der Waals surface area contributed by atoms with E-state index in [1.807, 2.05) is 0 Å². The molecule has 1 aliphatic heterocycles. The van der Waals surface area contributed by atoms with Crippen LogP contribution in [0.2, 0.25) is 0 Å².